The van der Waals surface area contributed by atoms with E-state index in [2.05, 4.69) is 21.2 Å². The molecule has 19 heavy (non-hydrogen) atoms. The van der Waals surface area contributed by atoms with Crippen LogP contribution in [0.1, 0.15) is 10.4 Å². The van der Waals surface area contributed by atoms with Gasteiger partial charge in [0, 0.05) is 4.47 Å². The number of ether oxygens (including phenoxy) is 1. The molecule has 1 aromatic carbocycles. The first-order valence-corrected chi connectivity index (χ1v) is 6.24. The van der Waals surface area contributed by atoms with E-state index < -0.39 is 24.4 Å². The van der Waals surface area contributed by atoms with Crippen LogP contribution in [0.15, 0.2) is 22.7 Å². The van der Waals surface area contributed by atoms with Crippen LogP contribution in [0.2, 0.25) is 5.02 Å². The highest BCUT2D eigenvalue weighted by Gasteiger charge is 2.14. The fourth-order valence-corrected chi connectivity index (χ4v) is 1.66. The second kappa shape index (κ2) is 7.10. The number of nitrogens with two attached hydrogens (primary N) is 1. The summed E-state index contributed by atoms with van der Waals surface area (Å²) in [5, 5.41) is 2.40. The summed E-state index contributed by atoms with van der Waals surface area (Å²) in [7, 11) is 0. The minimum absolute atomic E-state index is 0.138. The molecule has 102 valence electrons. The Morgan fingerprint density at radius 3 is 2.68 bits per heavy atom. The van der Waals surface area contributed by atoms with Gasteiger partial charge >= 0.3 is 5.97 Å². The Morgan fingerprint density at radius 2 is 2.05 bits per heavy atom. The van der Waals surface area contributed by atoms with Gasteiger partial charge in [0.1, 0.15) is 0 Å². The Hall–Kier alpha value is -1.60. The van der Waals surface area contributed by atoms with Gasteiger partial charge in [0.05, 0.1) is 17.1 Å². The molecule has 0 saturated carbocycles. The van der Waals surface area contributed by atoms with Gasteiger partial charge < -0.3 is 15.8 Å². The summed E-state index contributed by atoms with van der Waals surface area (Å²) >= 11 is 9.01. The van der Waals surface area contributed by atoms with Crippen LogP contribution in [0.4, 0.5) is 0 Å². The smallest absolute Gasteiger partial charge is 0.340 e. The van der Waals surface area contributed by atoms with E-state index in [0.717, 1.165) is 0 Å². The maximum Gasteiger partial charge on any atom is 0.340 e. The molecular weight excluding hydrogens is 339 g/mol. The van der Waals surface area contributed by atoms with Crippen molar-refractivity contribution in [1.82, 2.24) is 5.32 Å². The summed E-state index contributed by atoms with van der Waals surface area (Å²) in [6.45, 7) is -0.830. The molecule has 0 aromatic heterocycles. The minimum Gasteiger partial charge on any atom is -0.452 e. The third-order valence-electron chi connectivity index (χ3n) is 1.94. The lowest BCUT2D eigenvalue weighted by Crippen LogP contribution is -2.36. The van der Waals surface area contributed by atoms with Crippen LogP contribution in [0.5, 0.6) is 0 Å². The molecule has 6 nitrogen and oxygen atoms in total. The number of primary amides is 1. The third kappa shape index (κ3) is 5.27. The first-order valence-electron chi connectivity index (χ1n) is 5.07. The molecule has 0 aliphatic heterocycles. The zero-order valence-corrected chi connectivity index (χ0v) is 12.0. The Bertz CT molecular complexity index is 521. The van der Waals surface area contributed by atoms with Gasteiger partial charge in [-0.25, -0.2) is 4.79 Å². The first kappa shape index (κ1) is 15.5. The van der Waals surface area contributed by atoms with E-state index in [1.165, 1.54) is 12.1 Å². The normalized spacial score (nSPS) is 9.79. The van der Waals surface area contributed by atoms with Crippen LogP contribution in [-0.2, 0) is 14.3 Å². The topological polar surface area (TPSA) is 98.5 Å². The van der Waals surface area contributed by atoms with Crippen molar-refractivity contribution in [2.24, 2.45) is 5.73 Å². The van der Waals surface area contributed by atoms with Gasteiger partial charge in [-0.15, -0.1) is 0 Å². The highest BCUT2D eigenvalue weighted by Crippen LogP contribution is 2.21. The number of rotatable bonds is 5. The van der Waals surface area contributed by atoms with E-state index >= 15 is 0 Å². The van der Waals surface area contributed by atoms with Crippen LogP contribution >= 0.6 is 27.5 Å². The van der Waals surface area contributed by atoms with Crippen LogP contribution in [0.3, 0.4) is 0 Å². The van der Waals surface area contributed by atoms with Gasteiger partial charge in [-0.2, -0.15) is 0 Å². The average Bonchev–Trinajstić information content (AvgIpc) is 2.36. The lowest BCUT2D eigenvalue weighted by molar-refractivity contribution is -0.127. The molecule has 0 heterocycles. The quantitative estimate of drug-likeness (QED) is 0.770. The Labute approximate surface area is 122 Å². The van der Waals surface area contributed by atoms with E-state index in [-0.39, 0.29) is 17.1 Å². The molecule has 8 heteroatoms. The summed E-state index contributed by atoms with van der Waals surface area (Å²) in [5.74, 6) is -2.05. The van der Waals surface area contributed by atoms with Crippen LogP contribution in [0.25, 0.3) is 0 Å². The van der Waals surface area contributed by atoms with Crippen molar-refractivity contribution in [1.29, 1.82) is 0 Å². The highest BCUT2D eigenvalue weighted by molar-refractivity contribution is 9.10. The molecular formula is C11H10BrClN2O4. The fourth-order valence-electron chi connectivity index (χ4n) is 1.10. The Balaban J connectivity index is 2.53. The van der Waals surface area contributed by atoms with Gasteiger partial charge in [0.15, 0.2) is 6.61 Å². The number of hydrogen-bond donors (Lipinski definition) is 2. The van der Waals surface area contributed by atoms with E-state index in [0.29, 0.717) is 4.47 Å². The second-order valence-corrected chi connectivity index (χ2v) is 4.77. The van der Waals surface area contributed by atoms with Crippen molar-refractivity contribution in [3.05, 3.63) is 33.3 Å². The molecule has 0 fully saturated rings. The lowest BCUT2D eigenvalue weighted by Gasteiger charge is -2.06. The van der Waals surface area contributed by atoms with Crippen molar-refractivity contribution in [2.45, 2.75) is 0 Å². The number of amides is 2. The fraction of sp³-hybridized carbons (Fsp3) is 0.182. The van der Waals surface area contributed by atoms with Crippen LogP contribution in [0, 0.1) is 0 Å². The molecule has 0 atom stereocenters. The van der Waals surface area contributed by atoms with Crippen molar-refractivity contribution in [3.63, 3.8) is 0 Å². The number of carbonyl (C=O) groups is 3. The molecule has 0 aliphatic rings. The second-order valence-electron chi connectivity index (χ2n) is 3.44. The summed E-state index contributed by atoms with van der Waals surface area (Å²) < 4.78 is 5.40. The zero-order chi connectivity index (χ0) is 14.4. The zero-order valence-electron chi connectivity index (χ0n) is 9.61. The van der Waals surface area contributed by atoms with Gasteiger partial charge in [-0.05, 0) is 18.2 Å². The van der Waals surface area contributed by atoms with Crippen molar-refractivity contribution in [2.75, 3.05) is 13.2 Å². The molecule has 1 aromatic rings. The predicted octanol–water partition coefficient (Wildman–Crippen LogP) is 0.861. The largest absolute Gasteiger partial charge is 0.452 e. The molecule has 3 N–H and O–H groups in total. The SMILES string of the molecule is NC(=O)CNC(=O)COC(=O)c1cc(Br)ccc1Cl. The molecule has 0 bridgehead atoms. The van der Waals surface area contributed by atoms with E-state index in [1.807, 2.05) is 0 Å². The van der Waals surface area contributed by atoms with Crippen molar-refractivity contribution >= 4 is 45.3 Å². The molecule has 1 rings (SSSR count). The highest BCUT2D eigenvalue weighted by atomic mass is 79.9. The number of esters is 1. The third-order valence-corrected chi connectivity index (χ3v) is 2.77. The summed E-state index contributed by atoms with van der Waals surface area (Å²) in [4.78, 5) is 33.3. The molecule has 0 spiro atoms. The Kier molecular flexibility index (Phi) is 5.78. The van der Waals surface area contributed by atoms with Crippen molar-refractivity contribution < 1.29 is 19.1 Å². The maximum absolute atomic E-state index is 11.7. The van der Waals surface area contributed by atoms with E-state index in [9.17, 15) is 14.4 Å². The maximum atomic E-state index is 11.7. The van der Waals surface area contributed by atoms with Gasteiger partial charge in [-0.3, -0.25) is 9.59 Å². The van der Waals surface area contributed by atoms with E-state index in [4.69, 9.17) is 22.1 Å². The number of carbonyl (C=O) groups excluding carboxylic acids is 3. The summed E-state index contributed by atoms with van der Waals surface area (Å²) in [6.07, 6.45) is 0. The van der Waals surface area contributed by atoms with Crippen LogP contribution in [-0.4, -0.2) is 30.9 Å². The lowest BCUT2D eigenvalue weighted by atomic mass is 10.2. The molecule has 0 saturated heterocycles. The number of halogens is 2. The van der Waals surface area contributed by atoms with Gasteiger partial charge in [0.2, 0.25) is 5.91 Å². The van der Waals surface area contributed by atoms with Gasteiger partial charge in [0.25, 0.3) is 5.91 Å². The molecule has 0 unspecified atom stereocenters. The number of nitrogens with one attached hydrogen (secondary N) is 1. The Morgan fingerprint density at radius 1 is 1.37 bits per heavy atom. The van der Waals surface area contributed by atoms with Crippen molar-refractivity contribution in [3.8, 4) is 0 Å². The average molecular weight is 350 g/mol. The summed E-state index contributed by atoms with van der Waals surface area (Å²) in [6, 6.07) is 4.67. The summed E-state index contributed by atoms with van der Waals surface area (Å²) in [5.41, 5.74) is 4.98. The van der Waals surface area contributed by atoms with Gasteiger partial charge in [-0.1, -0.05) is 27.5 Å². The molecule has 2 amide bonds. The number of hydrogen-bond acceptors (Lipinski definition) is 4. The molecule has 0 radical (unpaired) electrons. The first-order chi connectivity index (χ1) is 8.90. The standard InChI is InChI=1S/C11H10BrClN2O4/c12-6-1-2-8(13)7(3-6)11(18)19-5-10(17)15-4-9(14)16/h1-3H,4-5H2,(H2,14,16)(H,15,17). The molecule has 0 aliphatic carbocycles. The monoisotopic (exact) mass is 348 g/mol. The number of benzene rings is 1. The minimum atomic E-state index is -0.736. The van der Waals surface area contributed by atoms with Crippen LogP contribution < -0.4 is 11.1 Å². The predicted molar refractivity (Wildman–Crippen MR) is 71.6 cm³/mol. The van der Waals surface area contributed by atoms with E-state index in [1.54, 1.807) is 6.07 Å².